The number of nitrogens with two attached hydrogens (primary N) is 1. The van der Waals surface area contributed by atoms with E-state index in [1.807, 2.05) is 106 Å². The topological polar surface area (TPSA) is 190 Å². The number of benzene rings is 2. The summed E-state index contributed by atoms with van der Waals surface area (Å²) in [7, 11) is 2.00. The normalized spacial score (nSPS) is 16.7. The standard InChI is InChI=1S/C50H59N13O4/c1-3-36-32-56-63-42(29-43(57-49(36)63)61-25-8-7-11-38(61)22-27-64)52-30-35-16-21-44(53-31-35)66-28-26-59(2)23-10-15-45(65)60-24-9-12-39(33-60)62-50-46(48(51)54-34-55-50)47(58-62)37-17-19-41(20-18-37)67-40-13-5-4-6-14-40/h4-6,10,13-21,29,31-32,34,38-39,52,64H,3,7-9,11-12,22-28,30,33H2,1-2H3,(H2,51,54,55)/b15-10+/t38-,39+/m0/s1. The van der Waals surface area contributed by atoms with Gasteiger partial charge in [0.1, 0.15) is 47.6 Å². The number of nitrogens with one attached hydrogen (secondary N) is 1. The fourth-order valence-corrected chi connectivity index (χ4v) is 9.01. The zero-order valence-electron chi connectivity index (χ0n) is 38.2. The molecule has 0 aliphatic carbocycles. The lowest BCUT2D eigenvalue weighted by atomic mass is 9.99. The van der Waals surface area contributed by atoms with Gasteiger partial charge in [-0.25, -0.2) is 24.6 Å². The van der Waals surface area contributed by atoms with Crippen LogP contribution in [0.1, 0.15) is 62.6 Å². The molecule has 17 nitrogen and oxygen atoms in total. The Morgan fingerprint density at radius 2 is 1.82 bits per heavy atom. The second kappa shape index (κ2) is 21.0. The number of aromatic nitrogens is 8. The average Bonchev–Trinajstić information content (AvgIpc) is 3.97. The van der Waals surface area contributed by atoms with E-state index in [2.05, 4.69) is 48.2 Å². The monoisotopic (exact) mass is 905 g/mol. The zero-order chi connectivity index (χ0) is 46.1. The van der Waals surface area contributed by atoms with Gasteiger partial charge in [-0.3, -0.25) is 9.69 Å². The number of piperidine rings is 2. The van der Waals surface area contributed by atoms with Gasteiger partial charge in [-0.2, -0.15) is 14.7 Å². The molecule has 0 spiro atoms. The number of nitrogen functional groups attached to an aromatic ring is 1. The van der Waals surface area contributed by atoms with E-state index in [1.54, 1.807) is 6.08 Å². The van der Waals surface area contributed by atoms with E-state index in [0.717, 1.165) is 84.8 Å². The van der Waals surface area contributed by atoms with Crippen molar-refractivity contribution in [2.24, 2.45) is 0 Å². The SMILES string of the molecule is CCc1cnn2c(NCc3ccc(OCCN(C)C/C=C/C(=O)N4CCC[C@@H](n5nc(-c6ccc(Oc7ccccc7)cc6)c6c(N)ncnc65)C4)nc3)cc(N3CCCC[C@H]3CCO)nc12. The van der Waals surface area contributed by atoms with Crippen molar-refractivity contribution in [2.75, 3.05) is 68.9 Å². The first-order valence-electron chi connectivity index (χ1n) is 23.4. The molecule has 0 radical (unpaired) electrons. The molecule has 7 heterocycles. The number of aryl methyl sites for hydroxylation is 1. The van der Waals surface area contributed by atoms with E-state index in [0.29, 0.717) is 73.5 Å². The van der Waals surface area contributed by atoms with Crippen molar-refractivity contribution in [2.45, 2.75) is 70.5 Å². The van der Waals surface area contributed by atoms with E-state index in [-0.39, 0.29) is 24.6 Å². The van der Waals surface area contributed by atoms with Crippen LogP contribution in [0.4, 0.5) is 17.5 Å². The second-order valence-electron chi connectivity index (χ2n) is 17.3. The van der Waals surface area contributed by atoms with E-state index in [9.17, 15) is 9.90 Å². The van der Waals surface area contributed by atoms with Crippen molar-refractivity contribution >= 4 is 40.0 Å². The lowest BCUT2D eigenvalue weighted by molar-refractivity contribution is -0.127. The predicted octanol–water partition coefficient (Wildman–Crippen LogP) is 6.95. The number of amides is 1. The number of anilines is 3. The Morgan fingerprint density at radius 3 is 2.63 bits per heavy atom. The number of ether oxygens (including phenoxy) is 2. The van der Waals surface area contributed by atoms with Gasteiger partial charge >= 0.3 is 0 Å². The number of pyridine rings is 1. The molecule has 2 saturated heterocycles. The van der Waals surface area contributed by atoms with Crippen LogP contribution in [0.5, 0.6) is 17.4 Å². The quantitative estimate of drug-likeness (QED) is 0.0750. The van der Waals surface area contributed by atoms with Gasteiger partial charge in [-0.05, 0) is 94.0 Å². The molecule has 0 unspecified atom stereocenters. The van der Waals surface area contributed by atoms with Crippen molar-refractivity contribution in [3.63, 3.8) is 0 Å². The Morgan fingerprint density at radius 1 is 0.970 bits per heavy atom. The second-order valence-corrected chi connectivity index (χ2v) is 17.3. The number of carbonyl (C=O) groups is 1. The molecule has 2 aromatic carbocycles. The van der Waals surface area contributed by atoms with Crippen molar-refractivity contribution in [3.05, 3.63) is 115 Å². The molecule has 0 saturated carbocycles. The van der Waals surface area contributed by atoms with Gasteiger partial charge in [0.25, 0.3) is 0 Å². The van der Waals surface area contributed by atoms with Gasteiger partial charge in [-0.1, -0.05) is 37.3 Å². The Bertz CT molecular complexity index is 2780. The summed E-state index contributed by atoms with van der Waals surface area (Å²) in [5, 5.41) is 23.7. The summed E-state index contributed by atoms with van der Waals surface area (Å²) >= 11 is 0. The van der Waals surface area contributed by atoms with Crippen molar-refractivity contribution in [3.8, 4) is 28.6 Å². The molecule has 0 bridgehead atoms. The predicted molar refractivity (Wildman–Crippen MR) is 259 cm³/mol. The third kappa shape index (κ3) is 10.5. The molecule has 7 aromatic rings. The Kier molecular flexibility index (Phi) is 14.1. The molecule has 348 valence electrons. The van der Waals surface area contributed by atoms with Crippen LogP contribution in [0.25, 0.3) is 27.9 Å². The zero-order valence-corrected chi connectivity index (χ0v) is 38.2. The van der Waals surface area contributed by atoms with E-state index >= 15 is 0 Å². The van der Waals surface area contributed by atoms with Crippen LogP contribution in [0.15, 0.2) is 104 Å². The number of fused-ring (bicyclic) bond motifs is 2. The number of likely N-dealkylation sites (N-methyl/N-ethyl adjacent to an activating group) is 1. The summed E-state index contributed by atoms with van der Waals surface area (Å²) in [5.41, 5.74) is 11.6. The highest BCUT2D eigenvalue weighted by Crippen LogP contribution is 2.35. The molecule has 2 fully saturated rings. The maximum absolute atomic E-state index is 13.5. The first-order chi connectivity index (χ1) is 32.8. The minimum absolute atomic E-state index is 0.0363. The van der Waals surface area contributed by atoms with Crippen LogP contribution < -0.4 is 25.4 Å². The first-order valence-corrected chi connectivity index (χ1v) is 23.4. The third-order valence-corrected chi connectivity index (χ3v) is 12.6. The maximum Gasteiger partial charge on any atom is 0.246 e. The smallest absolute Gasteiger partial charge is 0.246 e. The summed E-state index contributed by atoms with van der Waals surface area (Å²) in [4.78, 5) is 38.3. The Balaban J connectivity index is 0.754. The first kappa shape index (κ1) is 45.1. The number of hydrogen-bond acceptors (Lipinski definition) is 14. The Hall–Kier alpha value is -7.11. The third-order valence-electron chi connectivity index (χ3n) is 12.6. The summed E-state index contributed by atoms with van der Waals surface area (Å²) < 4.78 is 15.8. The van der Waals surface area contributed by atoms with Gasteiger partial charge in [0.05, 0.1) is 17.6 Å². The van der Waals surface area contributed by atoms with Crippen LogP contribution in [-0.4, -0.2) is 119 Å². The van der Waals surface area contributed by atoms with E-state index in [4.69, 9.17) is 25.3 Å². The molecular weight excluding hydrogens is 847 g/mol. The highest BCUT2D eigenvalue weighted by Gasteiger charge is 2.29. The van der Waals surface area contributed by atoms with Crippen LogP contribution in [-0.2, 0) is 17.8 Å². The fraction of sp³-hybridized carbons (Fsp3) is 0.380. The molecule has 17 heteroatoms. The number of aliphatic hydroxyl groups excluding tert-OH is 1. The molecule has 4 N–H and O–H groups in total. The number of likely N-dealkylation sites (tertiary alicyclic amines) is 1. The average molecular weight is 906 g/mol. The van der Waals surface area contributed by atoms with E-state index < -0.39 is 0 Å². The van der Waals surface area contributed by atoms with Gasteiger partial charge in [0.2, 0.25) is 11.8 Å². The maximum atomic E-state index is 13.5. The lowest BCUT2D eigenvalue weighted by Crippen LogP contribution is -2.40. The largest absolute Gasteiger partial charge is 0.476 e. The molecule has 2 aliphatic heterocycles. The minimum Gasteiger partial charge on any atom is -0.476 e. The Labute approximate surface area is 390 Å². The number of hydrogen-bond donors (Lipinski definition) is 3. The van der Waals surface area contributed by atoms with Crippen molar-refractivity contribution in [1.29, 1.82) is 0 Å². The minimum atomic E-state index is -0.0797. The molecule has 5 aromatic heterocycles. The summed E-state index contributed by atoms with van der Waals surface area (Å²) in [6.07, 6.45) is 15.3. The summed E-state index contributed by atoms with van der Waals surface area (Å²) in [6.45, 7) is 6.61. The highest BCUT2D eigenvalue weighted by molar-refractivity contribution is 5.98. The van der Waals surface area contributed by atoms with Gasteiger partial charge in [-0.15, -0.1) is 0 Å². The molecule has 9 rings (SSSR count). The van der Waals surface area contributed by atoms with Crippen LogP contribution in [0.2, 0.25) is 0 Å². The van der Waals surface area contributed by atoms with Crippen molar-refractivity contribution < 1.29 is 19.4 Å². The van der Waals surface area contributed by atoms with Gasteiger partial charge < -0.3 is 35.4 Å². The number of aliphatic hydroxyl groups is 1. The molecule has 2 atom stereocenters. The molecule has 2 aliphatic rings. The van der Waals surface area contributed by atoms with Gasteiger partial charge in [0, 0.05) is 87.4 Å². The molecular formula is C50H59N13O4. The molecule has 67 heavy (non-hydrogen) atoms. The van der Waals surface area contributed by atoms with Crippen LogP contribution in [0, 0.1) is 0 Å². The number of rotatable bonds is 18. The number of para-hydroxylation sites is 1. The highest BCUT2D eigenvalue weighted by atomic mass is 16.5. The number of nitrogens with zero attached hydrogens (tertiary/aromatic N) is 11. The fourth-order valence-electron chi connectivity index (χ4n) is 9.01. The van der Waals surface area contributed by atoms with Crippen molar-refractivity contribution in [1.82, 2.24) is 49.1 Å². The number of carbonyl (C=O) groups excluding carboxylic acids is 1. The summed E-state index contributed by atoms with van der Waals surface area (Å²) in [5.74, 6) is 4.12. The molecule has 1 amide bonds. The van der Waals surface area contributed by atoms with Gasteiger partial charge in [0.15, 0.2) is 11.3 Å². The van der Waals surface area contributed by atoms with Crippen LogP contribution in [0.3, 0.4) is 0 Å². The van der Waals surface area contributed by atoms with Crippen LogP contribution >= 0.6 is 0 Å². The van der Waals surface area contributed by atoms with E-state index in [1.165, 1.54) is 12.7 Å². The lowest BCUT2D eigenvalue weighted by Gasteiger charge is -2.36. The summed E-state index contributed by atoms with van der Waals surface area (Å²) in [6, 6.07) is 23.5.